The van der Waals surface area contributed by atoms with E-state index in [1.54, 1.807) is 35.2 Å². The smallest absolute Gasteiger partial charge is 0.415 e. The quantitative estimate of drug-likeness (QED) is 0.191. The van der Waals surface area contributed by atoms with Gasteiger partial charge in [-0.1, -0.05) is 38.3 Å². The van der Waals surface area contributed by atoms with Gasteiger partial charge < -0.3 is 29.4 Å². The summed E-state index contributed by atoms with van der Waals surface area (Å²) in [5, 5.41) is 13.2. The fraction of sp³-hybridized carbons (Fsp3) is 0.424. The summed E-state index contributed by atoms with van der Waals surface area (Å²) in [6.07, 6.45) is 10.8. The summed E-state index contributed by atoms with van der Waals surface area (Å²) in [5.74, 6) is 1.73. The number of aliphatic carboxylic acids is 1. The van der Waals surface area contributed by atoms with Crippen molar-refractivity contribution in [2.45, 2.75) is 59.4 Å². The Morgan fingerprint density at radius 1 is 1.07 bits per heavy atom. The van der Waals surface area contributed by atoms with Crippen LogP contribution in [0.4, 0.5) is 22.2 Å². The predicted molar refractivity (Wildman–Crippen MR) is 173 cm³/mol. The van der Waals surface area contributed by atoms with Crippen LogP contribution in [0.5, 0.6) is 5.75 Å². The van der Waals surface area contributed by atoms with Crippen molar-refractivity contribution in [3.63, 3.8) is 0 Å². The lowest BCUT2D eigenvalue weighted by Crippen LogP contribution is -2.36. The molecule has 3 rings (SSSR count). The molecule has 1 aromatic carbocycles. The highest BCUT2D eigenvalue weighted by Gasteiger charge is 2.27. The summed E-state index contributed by atoms with van der Waals surface area (Å²) in [6.45, 7) is 10.3. The number of furan rings is 1. The molecule has 0 saturated carbocycles. The molecule has 0 saturated heterocycles. The van der Waals surface area contributed by atoms with Crippen LogP contribution in [-0.4, -0.2) is 76.7 Å². The van der Waals surface area contributed by atoms with E-state index in [4.69, 9.17) is 15.6 Å². The highest BCUT2D eigenvalue weighted by atomic mass is 16.6. The van der Waals surface area contributed by atoms with Crippen LogP contribution in [0, 0.1) is 12.3 Å². The number of carbonyl (C=O) groups excluding carboxylic acids is 2. The number of benzene rings is 1. The lowest BCUT2D eigenvalue weighted by molar-refractivity contribution is -0.137. The third-order valence-corrected chi connectivity index (χ3v) is 7.03. The summed E-state index contributed by atoms with van der Waals surface area (Å²) in [7, 11) is 0. The molecule has 12 nitrogen and oxygen atoms in total. The van der Waals surface area contributed by atoms with E-state index in [-0.39, 0.29) is 30.2 Å². The number of hydrogen-bond acceptors (Lipinski definition) is 9. The van der Waals surface area contributed by atoms with Crippen LogP contribution in [0.15, 0.2) is 53.3 Å². The van der Waals surface area contributed by atoms with Crippen molar-refractivity contribution in [1.29, 1.82) is 0 Å². The second kappa shape index (κ2) is 17.3. The van der Waals surface area contributed by atoms with Crippen molar-refractivity contribution < 1.29 is 28.6 Å². The maximum absolute atomic E-state index is 13.3. The summed E-state index contributed by atoms with van der Waals surface area (Å²) in [6, 6.07) is 8.66. The standard InChI is InChI=1S/C33H42N6O6/c1-6-11-20-38(18-7-2)33(43)45-25-16-14-24(15-17-25)22-26(31(41)42)35-29-27(23-34-32(36-29)37(9-4)10-5)39(19-8-3)30(40)28-13-12-21-44-28/h3,12-17,21,23,26H,6-7,9-11,18-20,22H2,1-2,4-5H3,(H,41,42)(H,34,35,36). The minimum atomic E-state index is -1.14. The Kier molecular flexibility index (Phi) is 13.2. The average Bonchev–Trinajstić information content (AvgIpc) is 3.58. The van der Waals surface area contributed by atoms with Gasteiger partial charge in [-0.15, -0.1) is 6.42 Å². The number of carboxylic acids is 1. The Bertz CT molecular complexity index is 1430. The number of terminal acetylenes is 1. The maximum Gasteiger partial charge on any atom is 0.415 e. The first-order chi connectivity index (χ1) is 21.8. The van der Waals surface area contributed by atoms with Gasteiger partial charge >= 0.3 is 12.1 Å². The number of carbonyl (C=O) groups is 3. The van der Waals surface area contributed by atoms with Gasteiger partial charge in [0.15, 0.2) is 11.6 Å². The number of ether oxygens (including phenoxy) is 1. The van der Waals surface area contributed by atoms with Crippen molar-refractivity contribution in [2.75, 3.05) is 47.8 Å². The van der Waals surface area contributed by atoms with Gasteiger partial charge in [-0.3, -0.25) is 9.69 Å². The van der Waals surface area contributed by atoms with Crippen LogP contribution in [0.2, 0.25) is 0 Å². The maximum atomic E-state index is 13.3. The van der Waals surface area contributed by atoms with Gasteiger partial charge in [0.25, 0.3) is 5.91 Å². The molecule has 3 aromatic rings. The molecule has 0 aliphatic carbocycles. The highest BCUT2D eigenvalue weighted by Crippen LogP contribution is 2.28. The first-order valence-electron chi connectivity index (χ1n) is 15.2. The zero-order valence-electron chi connectivity index (χ0n) is 26.4. The molecule has 2 heterocycles. The van der Waals surface area contributed by atoms with Gasteiger partial charge in [0.05, 0.1) is 19.0 Å². The average molecular weight is 619 g/mol. The van der Waals surface area contributed by atoms with E-state index in [1.165, 1.54) is 23.4 Å². The molecule has 2 amide bonds. The van der Waals surface area contributed by atoms with Crippen LogP contribution in [-0.2, 0) is 11.2 Å². The Morgan fingerprint density at radius 2 is 1.80 bits per heavy atom. The van der Waals surface area contributed by atoms with Crippen LogP contribution in [0.1, 0.15) is 63.1 Å². The third kappa shape index (κ3) is 9.47. The monoisotopic (exact) mass is 618 g/mol. The predicted octanol–water partition coefficient (Wildman–Crippen LogP) is 5.31. The van der Waals surface area contributed by atoms with Crippen LogP contribution in [0.25, 0.3) is 0 Å². The van der Waals surface area contributed by atoms with Crippen LogP contribution < -0.4 is 19.9 Å². The molecule has 240 valence electrons. The second-order valence-electron chi connectivity index (χ2n) is 10.2. The van der Waals surface area contributed by atoms with Gasteiger partial charge in [-0.2, -0.15) is 4.98 Å². The molecule has 0 aliphatic rings. The summed E-state index contributed by atoms with van der Waals surface area (Å²) < 4.78 is 10.9. The van der Waals surface area contributed by atoms with E-state index in [0.717, 1.165) is 19.3 Å². The van der Waals surface area contributed by atoms with Gasteiger partial charge in [0.2, 0.25) is 5.95 Å². The molecule has 1 atom stereocenters. The molecular formula is C33H42N6O6. The molecule has 45 heavy (non-hydrogen) atoms. The van der Waals surface area contributed by atoms with E-state index in [1.807, 2.05) is 25.7 Å². The number of nitrogens with zero attached hydrogens (tertiary/aromatic N) is 5. The first kappa shape index (κ1) is 34.4. The molecular weight excluding hydrogens is 576 g/mol. The molecule has 12 heteroatoms. The van der Waals surface area contributed by atoms with E-state index in [2.05, 4.69) is 28.1 Å². The zero-order chi connectivity index (χ0) is 32.8. The lowest BCUT2D eigenvalue weighted by atomic mass is 10.1. The van der Waals surface area contributed by atoms with E-state index in [9.17, 15) is 19.5 Å². The van der Waals surface area contributed by atoms with Crippen LogP contribution in [0.3, 0.4) is 0 Å². The molecule has 1 unspecified atom stereocenters. The molecule has 2 aromatic heterocycles. The van der Waals surface area contributed by atoms with Gasteiger partial charge in [-0.25, -0.2) is 14.6 Å². The van der Waals surface area contributed by atoms with Crippen molar-refractivity contribution >= 4 is 35.4 Å². The highest BCUT2D eigenvalue weighted by molar-refractivity contribution is 6.06. The Hall–Kier alpha value is -5.05. The number of amides is 2. The van der Waals surface area contributed by atoms with Crippen molar-refractivity contribution in [3.8, 4) is 18.1 Å². The number of anilines is 3. The number of aromatic nitrogens is 2. The minimum absolute atomic E-state index is 0.0581. The first-order valence-corrected chi connectivity index (χ1v) is 15.2. The van der Waals surface area contributed by atoms with Gasteiger partial charge in [0.1, 0.15) is 17.5 Å². The SMILES string of the molecule is C#CCN(C(=O)c1ccco1)c1cnc(N(CC)CC)nc1NC(Cc1ccc(OC(=O)N(CCC)CCCC)cc1)C(=O)O. The molecule has 0 spiro atoms. The fourth-order valence-corrected chi connectivity index (χ4v) is 4.59. The van der Waals surface area contributed by atoms with E-state index in [0.29, 0.717) is 43.4 Å². The Morgan fingerprint density at radius 3 is 2.38 bits per heavy atom. The van der Waals surface area contributed by atoms with Gasteiger partial charge in [0, 0.05) is 32.6 Å². The topological polar surface area (TPSA) is 141 Å². The van der Waals surface area contributed by atoms with Crippen molar-refractivity contribution in [3.05, 3.63) is 60.2 Å². The molecule has 2 N–H and O–H groups in total. The summed E-state index contributed by atoms with van der Waals surface area (Å²) >= 11 is 0. The summed E-state index contributed by atoms with van der Waals surface area (Å²) in [5.41, 5.74) is 0.885. The Labute approximate surface area is 264 Å². The zero-order valence-corrected chi connectivity index (χ0v) is 26.4. The van der Waals surface area contributed by atoms with E-state index >= 15 is 0 Å². The lowest BCUT2D eigenvalue weighted by Gasteiger charge is -2.26. The molecule has 0 radical (unpaired) electrons. The third-order valence-electron chi connectivity index (χ3n) is 7.03. The molecule has 0 bridgehead atoms. The number of nitrogens with one attached hydrogen (secondary N) is 1. The Balaban J connectivity index is 1.88. The molecule has 0 fully saturated rings. The van der Waals surface area contributed by atoms with E-state index < -0.39 is 24.0 Å². The normalized spacial score (nSPS) is 11.3. The minimum Gasteiger partial charge on any atom is -0.480 e. The number of rotatable bonds is 17. The van der Waals surface area contributed by atoms with Crippen molar-refractivity contribution in [1.82, 2.24) is 14.9 Å². The van der Waals surface area contributed by atoms with Crippen molar-refractivity contribution in [2.24, 2.45) is 0 Å². The largest absolute Gasteiger partial charge is 0.480 e. The van der Waals surface area contributed by atoms with Crippen LogP contribution >= 0.6 is 0 Å². The fourth-order valence-electron chi connectivity index (χ4n) is 4.59. The van der Waals surface area contributed by atoms with Gasteiger partial charge in [-0.05, 0) is 56.5 Å². The number of carboxylic acid groups (broad SMARTS) is 1. The summed E-state index contributed by atoms with van der Waals surface area (Å²) in [4.78, 5) is 52.4. The second-order valence-corrected chi connectivity index (χ2v) is 10.2. The molecule has 0 aliphatic heterocycles. The number of unbranched alkanes of at least 4 members (excludes halogenated alkanes) is 1. The number of hydrogen-bond donors (Lipinski definition) is 2.